The van der Waals surface area contributed by atoms with Crippen molar-refractivity contribution >= 4 is 11.6 Å². The van der Waals surface area contributed by atoms with Crippen molar-refractivity contribution in [1.29, 1.82) is 0 Å². The molecule has 0 aromatic heterocycles. The predicted molar refractivity (Wildman–Crippen MR) is 84.7 cm³/mol. The zero-order valence-corrected chi connectivity index (χ0v) is 13.3. The number of para-hydroxylation sites is 2. The van der Waals surface area contributed by atoms with Crippen LogP contribution in [0.15, 0.2) is 24.3 Å². The Morgan fingerprint density at radius 3 is 2.62 bits per heavy atom. The lowest BCUT2D eigenvalue weighted by molar-refractivity contribution is -0.904. The Hall–Kier alpha value is -1.55. The molecule has 4 nitrogen and oxygen atoms in total. The number of anilines is 1. The van der Waals surface area contributed by atoms with Crippen LogP contribution in [0.3, 0.4) is 0 Å². The van der Waals surface area contributed by atoms with Crippen LogP contribution < -0.4 is 15.0 Å². The largest absolute Gasteiger partial charge is 0.492 e. The van der Waals surface area contributed by atoms with Gasteiger partial charge in [-0.2, -0.15) is 0 Å². The Balaban J connectivity index is 1.92. The summed E-state index contributed by atoms with van der Waals surface area (Å²) in [6.07, 6.45) is 1.28. The minimum Gasteiger partial charge on any atom is -0.492 e. The Morgan fingerprint density at radius 1 is 1.29 bits per heavy atom. The lowest BCUT2D eigenvalue weighted by Crippen LogP contribution is -3.15. The van der Waals surface area contributed by atoms with E-state index in [0.29, 0.717) is 25.0 Å². The molecule has 4 heteroatoms. The lowest BCUT2D eigenvalue weighted by atomic mass is 9.92. The van der Waals surface area contributed by atoms with Crippen molar-refractivity contribution in [2.75, 3.05) is 31.6 Å². The molecule has 0 saturated carbocycles. The summed E-state index contributed by atoms with van der Waals surface area (Å²) in [6.45, 7) is 9.80. The average molecular weight is 291 g/mol. The Kier molecular flexibility index (Phi) is 5.62. The number of carbonyl (C=O) groups is 1. The van der Waals surface area contributed by atoms with Gasteiger partial charge < -0.3 is 15.0 Å². The van der Waals surface area contributed by atoms with Crippen LogP contribution >= 0.6 is 0 Å². The number of hydrogen-bond acceptors (Lipinski definition) is 2. The third-order valence-corrected chi connectivity index (χ3v) is 3.95. The number of quaternary nitrogens is 1. The van der Waals surface area contributed by atoms with E-state index in [9.17, 15) is 4.79 Å². The van der Waals surface area contributed by atoms with Gasteiger partial charge in [-0.3, -0.25) is 4.79 Å². The maximum atomic E-state index is 12.3. The highest BCUT2D eigenvalue weighted by atomic mass is 16.5. The minimum absolute atomic E-state index is 0.0680. The smallest absolute Gasteiger partial charge is 0.279 e. The SMILES string of the molecule is CCOc1ccccc1NC(=O)C[NH+]1C[C@H](C)C[C@H](C)C1. The Bertz CT molecular complexity index is 466. The molecule has 1 amide bonds. The first kappa shape index (κ1) is 15.8. The molecule has 3 atom stereocenters. The van der Waals surface area contributed by atoms with E-state index < -0.39 is 0 Å². The van der Waals surface area contributed by atoms with Gasteiger partial charge in [0, 0.05) is 11.8 Å². The maximum absolute atomic E-state index is 12.3. The third-order valence-electron chi connectivity index (χ3n) is 3.95. The van der Waals surface area contributed by atoms with Crippen molar-refractivity contribution in [3.05, 3.63) is 24.3 Å². The predicted octanol–water partition coefficient (Wildman–Crippen LogP) is 1.58. The topological polar surface area (TPSA) is 42.8 Å². The number of nitrogens with one attached hydrogen (secondary N) is 2. The Labute approximate surface area is 127 Å². The number of piperidine rings is 1. The first-order chi connectivity index (χ1) is 10.1. The zero-order valence-electron chi connectivity index (χ0n) is 13.3. The zero-order chi connectivity index (χ0) is 15.2. The number of carbonyl (C=O) groups excluding carboxylic acids is 1. The number of benzene rings is 1. The summed E-state index contributed by atoms with van der Waals surface area (Å²) >= 11 is 0. The van der Waals surface area contributed by atoms with Crippen molar-refractivity contribution in [1.82, 2.24) is 0 Å². The van der Waals surface area contributed by atoms with Crippen LogP contribution in [0.4, 0.5) is 5.69 Å². The summed E-state index contributed by atoms with van der Waals surface area (Å²) in [7, 11) is 0. The second-order valence-electron chi connectivity index (χ2n) is 6.26. The molecule has 1 heterocycles. The van der Waals surface area contributed by atoms with Gasteiger partial charge in [-0.1, -0.05) is 26.0 Å². The van der Waals surface area contributed by atoms with E-state index in [1.54, 1.807) is 0 Å². The van der Waals surface area contributed by atoms with Gasteiger partial charge in [0.1, 0.15) is 5.75 Å². The fourth-order valence-corrected chi connectivity index (χ4v) is 3.34. The molecule has 0 spiro atoms. The molecule has 1 fully saturated rings. The molecule has 1 aliphatic heterocycles. The first-order valence-electron chi connectivity index (χ1n) is 7.93. The summed E-state index contributed by atoms with van der Waals surface area (Å²) in [5, 5.41) is 2.99. The van der Waals surface area contributed by atoms with Crippen molar-refractivity contribution in [3.8, 4) is 5.75 Å². The number of rotatable bonds is 5. The van der Waals surface area contributed by atoms with E-state index in [2.05, 4.69) is 19.2 Å². The van der Waals surface area contributed by atoms with Gasteiger partial charge >= 0.3 is 0 Å². The summed E-state index contributed by atoms with van der Waals surface area (Å²) in [5.74, 6) is 2.21. The molecule has 0 radical (unpaired) electrons. The van der Waals surface area contributed by atoms with E-state index in [1.807, 2.05) is 31.2 Å². The number of hydrogen-bond donors (Lipinski definition) is 2. The van der Waals surface area contributed by atoms with Crippen LogP contribution in [0.25, 0.3) is 0 Å². The summed E-state index contributed by atoms with van der Waals surface area (Å²) in [6, 6.07) is 7.60. The molecule has 2 N–H and O–H groups in total. The molecule has 1 aliphatic rings. The van der Waals surface area contributed by atoms with Crippen molar-refractivity contribution in [3.63, 3.8) is 0 Å². The summed E-state index contributed by atoms with van der Waals surface area (Å²) in [5.41, 5.74) is 0.766. The van der Waals surface area contributed by atoms with E-state index >= 15 is 0 Å². The highest BCUT2D eigenvalue weighted by Crippen LogP contribution is 2.23. The van der Waals surface area contributed by atoms with Gasteiger partial charge in [-0.05, 0) is 25.5 Å². The monoisotopic (exact) mass is 291 g/mol. The van der Waals surface area contributed by atoms with Gasteiger partial charge in [-0.25, -0.2) is 0 Å². The summed E-state index contributed by atoms with van der Waals surface area (Å²) in [4.78, 5) is 13.6. The molecular weight excluding hydrogens is 264 g/mol. The number of ether oxygens (including phenoxy) is 1. The quantitative estimate of drug-likeness (QED) is 0.865. The van der Waals surface area contributed by atoms with E-state index in [-0.39, 0.29) is 5.91 Å². The molecule has 1 aromatic rings. The van der Waals surface area contributed by atoms with Crippen LogP contribution in [0, 0.1) is 11.8 Å². The standard InChI is InChI=1S/C17H26N2O2/c1-4-21-16-8-6-5-7-15(16)18-17(20)12-19-10-13(2)9-14(3)11-19/h5-8,13-14H,4,9-12H2,1-3H3,(H,18,20)/p+1/t13-,14+. The van der Waals surface area contributed by atoms with Crippen molar-refractivity contribution in [2.24, 2.45) is 11.8 Å². The lowest BCUT2D eigenvalue weighted by Gasteiger charge is -2.31. The highest BCUT2D eigenvalue weighted by Gasteiger charge is 2.26. The van der Waals surface area contributed by atoms with Crippen molar-refractivity contribution in [2.45, 2.75) is 27.2 Å². The normalized spacial score (nSPS) is 25.4. The fourth-order valence-electron chi connectivity index (χ4n) is 3.34. The third kappa shape index (κ3) is 4.74. The molecule has 2 rings (SSSR count). The van der Waals surface area contributed by atoms with E-state index in [4.69, 9.17) is 4.74 Å². The molecule has 1 aromatic carbocycles. The average Bonchev–Trinajstić information content (AvgIpc) is 2.40. The second kappa shape index (κ2) is 7.46. The number of likely N-dealkylation sites (tertiary alicyclic amines) is 1. The number of amides is 1. The van der Waals surface area contributed by atoms with Crippen LogP contribution in [-0.4, -0.2) is 32.1 Å². The van der Waals surface area contributed by atoms with E-state index in [1.165, 1.54) is 11.3 Å². The second-order valence-corrected chi connectivity index (χ2v) is 6.26. The molecule has 1 saturated heterocycles. The van der Waals surface area contributed by atoms with Gasteiger partial charge in [0.2, 0.25) is 0 Å². The van der Waals surface area contributed by atoms with Gasteiger partial charge in [0.25, 0.3) is 5.91 Å². The first-order valence-corrected chi connectivity index (χ1v) is 7.93. The van der Waals surface area contributed by atoms with Crippen molar-refractivity contribution < 1.29 is 14.4 Å². The van der Waals surface area contributed by atoms with Gasteiger partial charge in [0.05, 0.1) is 25.4 Å². The Morgan fingerprint density at radius 2 is 1.95 bits per heavy atom. The van der Waals surface area contributed by atoms with Crippen LogP contribution in [0.1, 0.15) is 27.2 Å². The highest BCUT2D eigenvalue weighted by molar-refractivity contribution is 5.92. The molecule has 116 valence electrons. The molecule has 0 aliphatic carbocycles. The fraction of sp³-hybridized carbons (Fsp3) is 0.588. The maximum Gasteiger partial charge on any atom is 0.279 e. The van der Waals surface area contributed by atoms with Crippen LogP contribution in [-0.2, 0) is 4.79 Å². The summed E-state index contributed by atoms with van der Waals surface area (Å²) < 4.78 is 5.54. The minimum atomic E-state index is 0.0680. The molecule has 21 heavy (non-hydrogen) atoms. The van der Waals surface area contributed by atoms with E-state index in [0.717, 1.165) is 24.5 Å². The van der Waals surface area contributed by atoms with Gasteiger partial charge in [-0.15, -0.1) is 0 Å². The van der Waals surface area contributed by atoms with Gasteiger partial charge in [0.15, 0.2) is 6.54 Å². The van der Waals surface area contributed by atoms with Crippen LogP contribution in [0.5, 0.6) is 5.75 Å². The molecule has 1 unspecified atom stereocenters. The molecule has 0 bridgehead atoms. The van der Waals surface area contributed by atoms with Crippen LogP contribution in [0.2, 0.25) is 0 Å². The molecular formula is C17H27N2O2+.